The van der Waals surface area contributed by atoms with Gasteiger partial charge in [0.05, 0.1) is 6.61 Å². The number of carbonyl (C=O) groups excluding carboxylic acids is 1. The summed E-state index contributed by atoms with van der Waals surface area (Å²) in [5.74, 6) is 0.909. The molecule has 0 aliphatic carbocycles. The third-order valence-electron chi connectivity index (χ3n) is 10.6. The number of unbranched alkanes of at least 4 members (excludes halogenated alkanes) is 34. The largest absolute Gasteiger partial charge is 0.466 e. The molecule has 0 aromatic heterocycles. The van der Waals surface area contributed by atoms with E-state index in [0.717, 1.165) is 18.8 Å². The second kappa shape index (κ2) is 43.4. The van der Waals surface area contributed by atoms with Crippen LogP contribution in [-0.4, -0.2) is 12.6 Å². The number of esters is 1. The smallest absolute Gasteiger partial charge is 0.305 e. The van der Waals surface area contributed by atoms with Crippen LogP contribution in [0.3, 0.4) is 0 Å². The average Bonchev–Trinajstić information content (AvgIpc) is 3.09. The molecule has 0 aliphatic heterocycles. The molecule has 0 bridgehead atoms. The first-order valence-electron chi connectivity index (χ1n) is 23.0. The number of hydrogen-bond acceptors (Lipinski definition) is 2. The zero-order chi connectivity index (χ0) is 35.6. The van der Waals surface area contributed by atoms with Gasteiger partial charge in [-0.1, -0.05) is 238 Å². The predicted octanol–water partition coefficient (Wildman–Crippen LogP) is 17.0. The van der Waals surface area contributed by atoms with Crippen molar-refractivity contribution in [1.29, 1.82) is 0 Å². The fraction of sp³-hybridized carbons (Fsp3) is 0.936. The minimum atomic E-state index is 0.0285. The Hall–Kier alpha value is -0.790. The number of rotatable bonds is 42. The standard InChI is InChI=1S/C47H92O2/c1-4-5-6-7-8-9-10-11-12-13-14-15-16-20-23-26-29-32-35-38-41-44-47(48)49-45-42-39-36-33-30-27-24-21-18-17-19-22-25-28-31-34-37-40-43-46(2)3/h11-12,46H,4-10,13-45H2,1-3H3. The lowest BCUT2D eigenvalue weighted by Gasteiger charge is -2.06. The summed E-state index contributed by atoms with van der Waals surface area (Å²) in [6.07, 6.45) is 57.5. The molecule has 0 radical (unpaired) electrons. The molecule has 0 rings (SSSR count). The van der Waals surface area contributed by atoms with Gasteiger partial charge in [-0.05, 0) is 44.4 Å². The Bertz CT molecular complexity index is 638. The van der Waals surface area contributed by atoms with E-state index in [1.807, 2.05) is 0 Å². The van der Waals surface area contributed by atoms with Crippen LogP contribution in [0.2, 0.25) is 0 Å². The van der Waals surface area contributed by atoms with E-state index < -0.39 is 0 Å². The van der Waals surface area contributed by atoms with Crippen LogP contribution in [0.15, 0.2) is 12.2 Å². The van der Waals surface area contributed by atoms with Gasteiger partial charge in [0.25, 0.3) is 0 Å². The van der Waals surface area contributed by atoms with Crippen LogP contribution in [0.5, 0.6) is 0 Å². The molecular weight excluding hydrogens is 597 g/mol. The second-order valence-electron chi connectivity index (χ2n) is 16.2. The number of allylic oxidation sites excluding steroid dienone is 2. The van der Waals surface area contributed by atoms with Crippen molar-refractivity contribution in [3.63, 3.8) is 0 Å². The van der Waals surface area contributed by atoms with Crippen LogP contribution in [0, 0.1) is 5.92 Å². The van der Waals surface area contributed by atoms with Crippen molar-refractivity contribution in [2.75, 3.05) is 6.61 Å². The highest BCUT2D eigenvalue weighted by Crippen LogP contribution is 2.17. The molecule has 0 atom stereocenters. The van der Waals surface area contributed by atoms with E-state index in [4.69, 9.17) is 4.74 Å². The molecule has 2 heteroatoms. The maximum atomic E-state index is 12.0. The van der Waals surface area contributed by atoms with Gasteiger partial charge in [0.2, 0.25) is 0 Å². The van der Waals surface area contributed by atoms with Gasteiger partial charge in [-0.3, -0.25) is 4.79 Å². The molecule has 49 heavy (non-hydrogen) atoms. The summed E-state index contributed by atoms with van der Waals surface area (Å²) >= 11 is 0. The molecule has 0 aromatic rings. The van der Waals surface area contributed by atoms with Crippen LogP contribution in [0.1, 0.15) is 271 Å². The topological polar surface area (TPSA) is 26.3 Å². The first-order valence-corrected chi connectivity index (χ1v) is 23.0. The van der Waals surface area contributed by atoms with E-state index >= 15 is 0 Å². The lowest BCUT2D eigenvalue weighted by atomic mass is 10.0. The molecule has 0 N–H and O–H groups in total. The van der Waals surface area contributed by atoms with E-state index in [1.165, 1.54) is 231 Å². The molecule has 0 heterocycles. The van der Waals surface area contributed by atoms with Crippen molar-refractivity contribution >= 4 is 5.97 Å². The molecule has 0 saturated carbocycles. The normalized spacial score (nSPS) is 11.8. The Balaban J connectivity index is 3.17. The fourth-order valence-corrected chi connectivity index (χ4v) is 7.14. The van der Waals surface area contributed by atoms with Crippen molar-refractivity contribution in [1.82, 2.24) is 0 Å². The van der Waals surface area contributed by atoms with Gasteiger partial charge in [0.15, 0.2) is 0 Å². The predicted molar refractivity (Wildman–Crippen MR) is 221 cm³/mol. The van der Waals surface area contributed by atoms with Gasteiger partial charge in [-0.2, -0.15) is 0 Å². The summed E-state index contributed by atoms with van der Waals surface area (Å²) < 4.78 is 5.48. The van der Waals surface area contributed by atoms with E-state index in [0.29, 0.717) is 13.0 Å². The lowest BCUT2D eigenvalue weighted by molar-refractivity contribution is -0.143. The van der Waals surface area contributed by atoms with Crippen LogP contribution in [-0.2, 0) is 9.53 Å². The van der Waals surface area contributed by atoms with Gasteiger partial charge in [0, 0.05) is 6.42 Å². The van der Waals surface area contributed by atoms with Gasteiger partial charge < -0.3 is 4.74 Å². The highest BCUT2D eigenvalue weighted by molar-refractivity contribution is 5.69. The summed E-state index contributed by atoms with van der Waals surface area (Å²) in [7, 11) is 0. The molecule has 0 saturated heterocycles. The zero-order valence-corrected chi connectivity index (χ0v) is 34.3. The Morgan fingerprint density at radius 1 is 0.408 bits per heavy atom. The second-order valence-corrected chi connectivity index (χ2v) is 16.2. The molecule has 0 unspecified atom stereocenters. The van der Waals surface area contributed by atoms with Gasteiger partial charge >= 0.3 is 5.97 Å². The minimum Gasteiger partial charge on any atom is -0.466 e. The van der Waals surface area contributed by atoms with Gasteiger partial charge in [0.1, 0.15) is 0 Å². The Kier molecular flexibility index (Phi) is 42.7. The van der Waals surface area contributed by atoms with Crippen LogP contribution in [0.25, 0.3) is 0 Å². The first-order chi connectivity index (χ1) is 24.2. The molecule has 292 valence electrons. The molecule has 0 fully saturated rings. The zero-order valence-electron chi connectivity index (χ0n) is 34.3. The van der Waals surface area contributed by atoms with Crippen molar-refractivity contribution in [3.8, 4) is 0 Å². The fourth-order valence-electron chi connectivity index (χ4n) is 7.14. The summed E-state index contributed by atoms with van der Waals surface area (Å²) in [5, 5.41) is 0. The maximum absolute atomic E-state index is 12.0. The molecule has 0 aliphatic rings. The van der Waals surface area contributed by atoms with Gasteiger partial charge in [-0.15, -0.1) is 0 Å². The van der Waals surface area contributed by atoms with Gasteiger partial charge in [-0.25, -0.2) is 0 Å². The van der Waals surface area contributed by atoms with Crippen molar-refractivity contribution < 1.29 is 9.53 Å². The van der Waals surface area contributed by atoms with E-state index in [2.05, 4.69) is 32.9 Å². The molecule has 0 amide bonds. The Morgan fingerprint density at radius 3 is 1.08 bits per heavy atom. The van der Waals surface area contributed by atoms with E-state index in [9.17, 15) is 4.79 Å². The number of carbonyl (C=O) groups is 1. The molecule has 2 nitrogen and oxygen atoms in total. The quantitative estimate of drug-likeness (QED) is 0.0362. The Morgan fingerprint density at radius 2 is 0.714 bits per heavy atom. The summed E-state index contributed by atoms with van der Waals surface area (Å²) in [6, 6.07) is 0. The molecular formula is C47H92O2. The third-order valence-corrected chi connectivity index (χ3v) is 10.6. The summed E-state index contributed by atoms with van der Waals surface area (Å²) in [6.45, 7) is 7.60. The van der Waals surface area contributed by atoms with Crippen molar-refractivity contribution in [2.45, 2.75) is 271 Å². The number of ether oxygens (including phenoxy) is 1. The number of hydrogen-bond donors (Lipinski definition) is 0. The monoisotopic (exact) mass is 689 g/mol. The summed E-state index contributed by atoms with van der Waals surface area (Å²) in [5.41, 5.74) is 0. The van der Waals surface area contributed by atoms with Crippen LogP contribution < -0.4 is 0 Å². The summed E-state index contributed by atoms with van der Waals surface area (Å²) in [4.78, 5) is 12.0. The Labute approximate surface area is 310 Å². The van der Waals surface area contributed by atoms with Crippen molar-refractivity contribution in [3.05, 3.63) is 12.2 Å². The van der Waals surface area contributed by atoms with E-state index in [1.54, 1.807) is 0 Å². The minimum absolute atomic E-state index is 0.0285. The van der Waals surface area contributed by atoms with E-state index in [-0.39, 0.29) is 5.97 Å². The SMILES string of the molecule is CCCCCCCCC=CCCCCCCCCCCCCCC(=O)OCCCCCCCCCCCCCCCCCCCCC(C)C. The highest BCUT2D eigenvalue weighted by Gasteiger charge is 2.03. The van der Waals surface area contributed by atoms with Crippen LogP contribution in [0.4, 0.5) is 0 Å². The average molecular weight is 689 g/mol. The van der Waals surface area contributed by atoms with Crippen molar-refractivity contribution in [2.24, 2.45) is 5.92 Å². The molecule has 0 spiro atoms. The highest BCUT2D eigenvalue weighted by atomic mass is 16.5. The lowest BCUT2D eigenvalue weighted by Crippen LogP contribution is -2.05. The molecule has 0 aromatic carbocycles. The maximum Gasteiger partial charge on any atom is 0.305 e. The third kappa shape index (κ3) is 45.2. The first kappa shape index (κ1) is 48.2. The van der Waals surface area contributed by atoms with Crippen LogP contribution >= 0.6 is 0 Å².